The van der Waals surface area contributed by atoms with E-state index in [0.29, 0.717) is 13.0 Å². The minimum atomic E-state index is -3.08. The summed E-state index contributed by atoms with van der Waals surface area (Å²) >= 11 is 0. The van der Waals surface area contributed by atoms with Crippen molar-refractivity contribution in [2.24, 2.45) is 0 Å². The zero-order chi connectivity index (χ0) is 19.7. The van der Waals surface area contributed by atoms with Gasteiger partial charge in [-0.15, -0.1) is 0 Å². The molecule has 1 saturated heterocycles. The van der Waals surface area contributed by atoms with Crippen LogP contribution in [0.25, 0.3) is 10.9 Å². The summed E-state index contributed by atoms with van der Waals surface area (Å²) in [5.74, 6) is 0.112. The molecule has 0 bridgehead atoms. The normalized spacial score (nSPS) is 18.4. The molecule has 3 aromatic rings. The standard InChI is InChI=1S/C21H23N3O3S/c1-15-4-2-6-19-17(12-23-21(15)19)10-20(25)24(13-16-5-3-8-22-11-16)18-7-9-28(26,27)14-18/h2-6,8,11-12,18,23H,7,9-10,13-14H2,1H3. The van der Waals surface area contributed by atoms with Gasteiger partial charge in [0, 0.05) is 42.1 Å². The molecule has 1 aliphatic rings. The second-order valence-corrected chi connectivity index (χ2v) is 9.66. The summed E-state index contributed by atoms with van der Waals surface area (Å²) in [6.07, 6.45) is 6.01. The topological polar surface area (TPSA) is 83.1 Å². The zero-order valence-corrected chi connectivity index (χ0v) is 16.6. The highest BCUT2D eigenvalue weighted by molar-refractivity contribution is 7.91. The molecule has 1 fully saturated rings. The number of benzene rings is 1. The molecule has 0 aliphatic carbocycles. The summed E-state index contributed by atoms with van der Waals surface area (Å²) < 4.78 is 24.0. The van der Waals surface area contributed by atoms with Crippen LogP contribution in [0.15, 0.2) is 48.9 Å². The Hall–Kier alpha value is -2.67. The monoisotopic (exact) mass is 397 g/mol. The van der Waals surface area contributed by atoms with Gasteiger partial charge < -0.3 is 9.88 Å². The summed E-state index contributed by atoms with van der Waals surface area (Å²) in [6.45, 7) is 2.40. The minimum absolute atomic E-state index is 0.0337. The van der Waals surface area contributed by atoms with Crippen molar-refractivity contribution >= 4 is 26.6 Å². The van der Waals surface area contributed by atoms with Crippen LogP contribution in [0.1, 0.15) is 23.1 Å². The van der Waals surface area contributed by atoms with Crippen molar-refractivity contribution in [1.29, 1.82) is 0 Å². The maximum absolute atomic E-state index is 13.2. The average Bonchev–Trinajstić information content (AvgIpc) is 3.24. The first-order chi connectivity index (χ1) is 13.4. The number of aromatic amines is 1. The largest absolute Gasteiger partial charge is 0.361 e. The first-order valence-corrected chi connectivity index (χ1v) is 11.2. The van der Waals surface area contributed by atoms with Crippen LogP contribution < -0.4 is 0 Å². The van der Waals surface area contributed by atoms with Crippen molar-refractivity contribution in [3.63, 3.8) is 0 Å². The number of fused-ring (bicyclic) bond motifs is 1. The Morgan fingerprint density at radius 1 is 1.29 bits per heavy atom. The molecule has 7 heteroatoms. The molecule has 4 rings (SSSR count). The van der Waals surface area contributed by atoms with E-state index in [4.69, 9.17) is 0 Å². The van der Waals surface area contributed by atoms with Crippen LogP contribution in [0, 0.1) is 6.92 Å². The molecule has 0 saturated carbocycles. The van der Waals surface area contributed by atoms with Crippen LogP contribution in [0.5, 0.6) is 0 Å². The first-order valence-electron chi connectivity index (χ1n) is 9.37. The van der Waals surface area contributed by atoms with Crippen molar-refractivity contribution in [1.82, 2.24) is 14.9 Å². The summed E-state index contributed by atoms with van der Waals surface area (Å²) in [7, 11) is -3.08. The van der Waals surface area contributed by atoms with E-state index in [2.05, 4.69) is 9.97 Å². The number of para-hydroxylation sites is 1. The first kappa shape index (κ1) is 18.7. The Balaban J connectivity index is 1.61. The quantitative estimate of drug-likeness (QED) is 0.717. The molecule has 1 aliphatic heterocycles. The van der Waals surface area contributed by atoms with Crippen LogP contribution in [0.4, 0.5) is 0 Å². The fourth-order valence-electron chi connectivity index (χ4n) is 3.91. The maximum atomic E-state index is 13.2. The molecule has 28 heavy (non-hydrogen) atoms. The van der Waals surface area contributed by atoms with Crippen LogP contribution in [0.3, 0.4) is 0 Å². The van der Waals surface area contributed by atoms with Crippen molar-refractivity contribution in [2.75, 3.05) is 11.5 Å². The van der Waals surface area contributed by atoms with Gasteiger partial charge in [0.2, 0.25) is 5.91 Å². The fraction of sp³-hybridized carbons (Fsp3) is 0.333. The van der Waals surface area contributed by atoms with Crippen LogP contribution in [-0.2, 0) is 27.6 Å². The predicted octanol–water partition coefficient (Wildman–Crippen LogP) is 2.63. The smallest absolute Gasteiger partial charge is 0.227 e. The van der Waals surface area contributed by atoms with Gasteiger partial charge in [-0.05, 0) is 36.1 Å². The van der Waals surface area contributed by atoms with Crippen LogP contribution >= 0.6 is 0 Å². The van der Waals surface area contributed by atoms with Crippen molar-refractivity contribution in [2.45, 2.75) is 32.4 Å². The maximum Gasteiger partial charge on any atom is 0.227 e. The highest BCUT2D eigenvalue weighted by Crippen LogP contribution is 2.25. The van der Waals surface area contributed by atoms with E-state index in [-0.39, 0.29) is 29.9 Å². The van der Waals surface area contributed by atoms with Gasteiger partial charge in [-0.3, -0.25) is 9.78 Å². The lowest BCUT2D eigenvalue weighted by Gasteiger charge is -2.28. The number of pyridine rings is 1. The Morgan fingerprint density at radius 3 is 2.86 bits per heavy atom. The molecular formula is C21H23N3O3S. The van der Waals surface area contributed by atoms with E-state index in [9.17, 15) is 13.2 Å². The van der Waals surface area contributed by atoms with Gasteiger partial charge in [-0.1, -0.05) is 24.3 Å². The SMILES string of the molecule is Cc1cccc2c(CC(=O)N(Cc3cccnc3)C3CCS(=O)(=O)C3)c[nH]c12. The van der Waals surface area contributed by atoms with E-state index < -0.39 is 9.84 Å². The Kier molecular flexibility index (Phi) is 4.93. The molecule has 1 N–H and O–H groups in total. The number of hydrogen-bond acceptors (Lipinski definition) is 4. The highest BCUT2D eigenvalue weighted by atomic mass is 32.2. The van der Waals surface area contributed by atoms with E-state index in [0.717, 1.165) is 27.6 Å². The number of sulfone groups is 1. The summed E-state index contributed by atoms with van der Waals surface area (Å²) in [4.78, 5) is 22.3. The average molecular weight is 398 g/mol. The second kappa shape index (κ2) is 7.39. The number of amides is 1. The number of aryl methyl sites for hydroxylation is 1. The molecule has 6 nitrogen and oxygen atoms in total. The van der Waals surface area contributed by atoms with Gasteiger partial charge in [0.05, 0.1) is 17.9 Å². The molecule has 1 atom stereocenters. The molecule has 1 unspecified atom stereocenters. The highest BCUT2D eigenvalue weighted by Gasteiger charge is 2.34. The molecule has 146 valence electrons. The number of rotatable bonds is 5. The zero-order valence-electron chi connectivity index (χ0n) is 15.8. The number of nitrogens with one attached hydrogen (secondary N) is 1. The Bertz CT molecular complexity index is 1110. The number of hydrogen-bond donors (Lipinski definition) is 1. The van der Waals surface area contributed by atoms with Gasteiger partial charge in [0.15, 0.2) is 9.84 Å². The van der Waals surface area contributed by atoms with Crippen LogP contribution in [0.2, 0.25) is 0 Å². The van der Waals surface area contributed by atoms with E-state index in [1.54, 1.807) is 17.3 Å². The van der Waals surface area contributed by atoms with Gasteiger partial charge in [0.1, 0.15) is 0 Å². The molecule has 2 aromatic heterocycles. The minimum Gasteiger partial charge on any atom is -0.361 e. The Labute approximate surface area is 164 Å². The second-order valence-electron chi connectivity index (χ2n) is 7.43. The molecule has 3 heterocycles. The van der Waals surface area contributed by atoms with Crippen molar-refractivity contribution in [3.8, 4) is 0 Å². The number of aromatic nitrogens is 2. The van der Waals surface area contributed by atoms with Gasteiger partial charge >= 0.3 is 0 Å². The van der Waals surface area contributed by atoms with Crippen molar-refractivity contribution in [3.05, 3.63) is 65.6 Å². The molecular weight excluding hydrogens is 374 g/mol. The van der Waals surface area contributed by atoms with E-state index in [1.165, 1.54) is 0 Å². The number of H-pyrrole nitrogens is 1. The van der Waals surface area contributed by atoms with E-state index in [1.807, 2.05) is 43.5 Å². The van der Waals surface area contributed by atoms with Gasteiger partial charge in [0.25, 0.3) is 0 Å². The third kappa shape index (κ3) is 3.80. The molecule has 1 amide bonds. The Morgan fingerprint density at radius 2 is 2.14 bits per heavy atom. The molecule has 0 radical (unpaired) electrons. The summed E-state index contributed by atoms with van der Waals surface area (Å²) in [5.41, 5.74) is 3.99. The lowest BCUT2D eigenvalue weighted by Crippen LogP contribution is -2.41. The lowest BCUT2D eigenvalue weighted by atomic mass is 10.1. The predicted molar refractivity (Wildman–Crippen MR) is 109 cm³/mol. The van der Waals surface area contributed by atoms with Crippen molar-refractivity contribution < 1.29 is 13.2 Å². The fourth-order valence-corrected chi connectivity index (χ4v) is 5.64. The summed E-state index contributed by atoms with van der Waals surface area (Å²) in [5, 5.41) is 1.04. The molecule has 1 aromatic carbocycles. The lowest BCUT2D eigenvalue weighted by molar-refractivity contribution is -0.133. The number of nitrogens with zero attached hydrogens (tertiary/aromatic N) is 2. The number of carbonyl (C=O) groups excluding carboxylic acids is 1. The van der Waals surface area contributed by atoms with Crippen LogP contribution in [-0.4, -0.2) is 46.7 Å². The van der Waals surface area contributed by atoms with Gasteiger partial charge in [-0.25, -0.2) is 8.42 Å². The molecule has 0 spiro atoms. The summed E-state index contributed by atoms with van der Waals surface area (Å²) in [6, 6.07) is 9.47. The van der Waals surface area contributed by atoms with Gasteiger partial charge in [-0.2, -0.15) is 0 Å². The third-order valence-corrected chi connectivity index (χ3v) is 7.15. The number of carbonyl (C=O) groups is 1. The van der Waals surface area contributed by atoms with E-state index >= 15 is 0 Å². The third-order valence-electron chi connectivity index (χ3n) is 5.40.